The number of rotatable bonds is 9. The number of anilines is 6. The third-order valence-corrected chi connectivity index (χ3v) is 6.23. The van der Waals surface area contributed by atoms with Gasteiger partial charge in [0, 0.05) is 44.2 Å². The van der Waals surface area contributed by atoms with Crippen LogP contribution in [0, 0.1) is 0 Å². The zero-order valence-corrected chi connectivity index (χ0v) is 22.0. The quantitative estimate of drug-likeness (QED) is 0.428. The number of nitrogens with one attached hydrogen (secondary N) is 1. The number of nitrogens with two attached hydrogens (primary N) is 1. The molecule has 0 fully saturated rings. The molecule has 1 aliphatic heterocycles. The van der Waals surface area contributed by atoms with E-state index in [1.807, 2.05) is 50.3 Å². The van der Waals surface area contributed by atoms with E-state index in [9.17, 15) is 0 Å². The van der Waals surface area contributed by atoms with Crippen LogP contribution in [0.15, 0.2) is 30.6 Å². The number of hydrogen-bond acceptors (Lipinski definition) is 11. The maximum atomic E-state index is 6.41. The van der Waals surface area contributed by atoms with Crippen molar-refractivity contribution < 1.29 is 9.47 Å². The molecule has 0 saturated carbocycles. The molecule has 1 aliphatic rings. The van der Waals surface area contributed by atoms with Crippen molar-refractivity contribution in [2.24, 2.45) is 0 Å². The molecule has 0 saturated heterocycles. The zero-order chi connectivity index (χ0) is 26.0. The van der Waals surface area contributed by atoms with E-state index in [2.05, 4.69) is 48.9 Å². The summed E-state index contributed by atoms with van der Waals surface area (Å²) in [5.41, 5.74) is 10.3. The second-order valence-corrected chi connectivity index (χ2v) is 9.76. The molecule has 3 N–H and O–H groups in total. The van der Waals surface area contributed by atoms with Gasteiger partial charge >= 0.3 is 0 Å². The lowest BCUT2D eigenvalue weighted by atomic mass is 9.91. The minimum atomic E-state index is -0.198. The molecular formula is C25H35N9O2. The first-order valence-corrected chi connectivity index (χ1v) is 11.8. The smallest absolute Gasteiger partial charge is 0.234 e. The van der Waals surface area contributed by atoms with Crippen molar-refractivity contribution in [2.45, 2.75) is 19.3 Å². The Morgan fingerprint density at radius 2 is 1.83 bits per heavy atom. The first kappa shape index (κ1) is 25.2. The van der Waals surface area contributed by atoms with Crippen molar-refractivity contribution in [1.82, 2.24) is 24.8 Å². The average molecular weight is 494 g/mol. The Morgan fingerprint density at radius 1 is 1.06 bits per heavy atom. The largest absolute Gasteiger partial charge is 0.494 e. The fourth-order valence-corrected chi connectivity index (χ4v) is 4.25. The maximum absolute atomic E-state index is 6.41. The molecule has 4 rings (SSSR count). The Hall–Kier alpha value is -3.86. The highest BCUT2D eigenvalue weighted by Crippen LogP contribution is 2.43. The monoisotopic (exact) mass is 493 g/mol. The topological polar surface area (TPSA) is 118 Å². The number of hydrogen-bond donors (Lipinski definition) is 2. The molecule has 0 bridgehead atoms. The lowest BCUT2D eigenvalue weighted by Crippen LogP contribution is -2.29. The van der Waals surface area contributed by atoms with Crippen molar-refractivity contribution in [3.63, 3.8) is 0 Å². The summed E-state index contributed by atoms with van der Waals surface area (Å²) in [7, 11) is 9.35. The second-order valence-electron chi connectivity index (χ2n) is 9.76. The Bertz CT molecular complexity index is 1230. The third kappa shape index (κ3) is 5.06. The normalized spacial score (nSPS) is 14.1. The first-order valence-electron chi connectivity index (χ1n) is 11.8. The molecule has 0 spiro atoms. The highest BCUT2D eigenvalue weighted by atomic mass is 16.5. The van der Waals surface area contributed by atoms with Crippen molar-refractivity contribution in [1.29, 1.82) is 0 Å². The Labute approximate surface area is 212 Å². The van der Waals surface area contributed by atoms with E-state index in [-0.39, 0.29) is 5.41 Å². The van der Waals surface area contributed by atoms with Crippen molar-refractivity contribution in [2.75, 3.05) is 75.8 Å². The summed E-state index contributed by atoms with van der Waals surface area (Å²) in [5, 5.41) is 3.25. The number of ether oxygens (including phenoxy) is 2. The summed E-state index contributed by atoms with van der Waals surface area (Å²) in [5.74, 6) is 2.14. The predicted molar refractivity (Wildman–Crippen MR) is 143 cm³/mol. The summed E-state index contributed by atoms with van der Waals surface area (Å²) in [6.07, 6.45) is 1.49. The van der Waals surface area contributed by atoms with Crippen LogP contribution in [0.1, 0.15) is 19.5 Å². The molecule has 0 unspecified atom stereocenters. The number of benzene rings is 1. The van der Waals surface area contributed by atoms with Gasteiger partial charge in [0.25, 0.3) is 0 Å². The first-order chi connectivity index (χ1) is 17.1. The van der Waals surface area contributed by atoms with Gasteiger partial charge in [-0.25, -0.2) is 15.0 Å². The molecule has 0 amide bonds. The standard InChI is InChI=1S/C25H35N9O2/c1-25(2)14-34(18-8-9-21(36-7)30-22(18)25)24-28-15-27-23(31-24)29-17-12-16(26)19(13-20(17)35-6)33(5)11-10-32(3)4/h8-9,12-13,15H,10-11,14,26H2,1-7H3,(H,27,28,29,31). The molecule has 1 aromatic carbocycles. The number of fused-ring (bicyclic) bond motifs is 1. The maximum Gasteiger partial charge on any atom is 0.234 e. The van der Waals surface area contributed by atoms with Gasteiger partial charge in [-0.3, -0.25) is 0 Å². The molecule has 0 radical (unpaired) electrons. The molecule has 36 heavy (non-hydrogen) atoms. The van der Waals surface area contributed by atoms with Crippen LogP contribution in [0.25, 0.3) is 0 Å². The van der Waals surface area contributed by atoms with Crippen LogP contribution in [0.2, 0.25) is 0 Å². The average Bonchev–Trinajstić information content (AvgIpc) is 3.13. The molecule has 0 aliphatic carbocycles. The van der Waals surface area contributed by atoms with Crippen molar-refractivity contribution >= 4 is 34.6 Å². The summed E-state index contributed by atoms with van der Waals surface area (Å²) in [4.78, 5) is 24.4. The Balaban J connectivity index is 1.61. The van der Waals surface area contributed by atoms with Crippen LogP contribution < -0.4 is 30.3 Å². The fourth-order valence-electron chi connectivity index (χ4n) is 4.25. The van der Waals surface area contributed by atoms with Gasteiger partial charge in [-0.2, -0.15) is 4.98 Å². The van der Waals surface area contributed by atoms with E-state index >= 15 is 0 Å². The summed E-state index contributed by atoms with van der Waals surface area (Å²) >= 11 is 0. The van der Waals surface area contributed by atoms with E-state index in [1.54, 1.807) is 14.2 Å². The lowest BCUT2D eigenvalue weighted by Gasteiger charge is -2.24. The van der Waals surface area contributed by atoms with E-state index in [0.29, 0.717) is 41.4 Å². The Kier molecular flexibility index (Phi) is 7.02. The van der Waals surface area contributed by atoms with Gasteiger partial charge in [-0.15, -0.1) is 0 Å². The molecule has 2 aromatic heterocycles. The number of nitrogen functional groups attached to an aromatic ring is 1. The molecular weight excluding hydrogens is 458 g/mol. The summed E-state index contributed by atoms with van der Waals surface area (Å²) in [6.45, 7) is 6.70. The number of aromatic nitrogens is 4. The van der Waals surface area contributed by atoms with Crippen LogP contribution in [0.4, 0.5) is 34.6 Å². The number of pyridine rings is 1. The van der Waals surface area contributed by atoms with Gasteiger partial charge < -0.3 is 35.2 Å². The molecule has 0 atom stereocenters. The highest BCUT2D eigenvalue weighted by molar-refractivity contribution is 5.79. The van der Waals surface area contributed by atoms with Gasteiger partial charge in [-0.1, -0.05) is 13.8 Å². The molecule has 192 valence electrons. The van der Waals surface area contributed by atoms with Gasteiger partial charge in [0.1, 0.15) is 12.1 Å². The summed E-state index contributed by atoms with van der Waals surface area (Å²) < 4.78 is 11.0. The number of methoxy groups -OCH3 is 2. The van der Waals surface area contributed by atoms with Crippen LogP contribution >= 0.6 is 0 Å². The van der Waals surface area contributed by atoms with Crippen molar-refractivity contribution in [3.8, 4) is 11.6 Å². The SMILES string of the molecule is COc1ccc2c(n1)C(C)(C)CN2c1ncnc(Nc2cc(N)c(N(C)CCN(C)C)cc2OC)n1. The van der Waals surface area contributed by atoms with Crippen LogP contribution in [0.3, 0.4) is 0 Å². The van der Waals surface area contributed by atoms with E-state index < -0.39 is 0 Å². The van der Waals surface area contributed by atoms with Crippen LogP contribution in [-0.2, 0) is 5.41 Å². The van der Waals surface area contributed by atoms with Gasteiger partial charge in [0.05, 0.1) is 42.7 Å². The van der Waals surface area contributed by atoms with Gasteiger partial charge in [0.15, 0.2) is 0 Å². The predicted octanol–water partition coefficient (Wildman–Crippen LogP) is 3.04. The van der Waals surface area contributed by atoms with Crippen molar-refractivity contribution in [3.05, 3.63) is 36.3 Å². The minimum absolute atomic E-state index is 0.198. The summed E-state index contributed by atoms with van der Waals surface area (Å²) in [6, 6.07) is 7.60. The molecule has 11 heteroatoms. The van der Waals surface area contributed by atoms with E-state index in [1.165, 1.54) is 6.33 Å². The molecule has 11 nitrogen and oxygen atoms in total. The third-order valence-electron chi connectivity index (χ3n) is 6.23. The zero-order valence-electron chi connectivity index (χ0n) is 22.0. The second kappa shape index (κ2) is 10.0. The Morgan fingerprint density at radius 3 is 2.53 bits per heavy atom. The molecule has 3 aromatic rings. The molecule has 3 heterocycles. The van der Waals surface area contributed by atoms with Crippen LogP contribution in [0.5, 0.6) is 11.6 Å². The van der Waals surface area contributed by atoms with Gasteiger partial charge in [-0.05, 0) is 26.2 Å². The minimum Gasteiger partial charge on any atom is -0.494 e. The van der Waals surface area contributed by atoms with Crippen LogP contribution in [-0.4, -0.2) is 79.8 Å². The fraction of sp³-hybridized carbons (Fsp3) is 0.440. The van der Waals surface area contributed by atoms with Gasteiger partial charge in [0.2, 0.25) is 17.8 Å². The number of nitrogens with zero attached hydrogens (tertiary/aromatic N) is 7. The lowest BCUT2D eigenvalue weighted by molar-refractivity contribution is 0.393. The van der Waals surface area contributed by atoms with E-state index in [0.717, 1.165) is 30.2 Å². The number of likely N-dealkylation sites (N-methyl/N-ethyl adjacent to an activating group) is 2. The van der Waals surface area contributed by atoms with E-state index in [4.69, 9.17) is 15.2 Å². The highest BCUT2D eigenvalue weighted by Gasteiger charge is 2.39.